The molecule has 4 aromatic rings. The standard InChI is InChI=1S/C27H26F2N4O3/c1-2-35-32-26(20-4-6-21(28)22(29)13-20)23-7-3-17(15-30-23)16-33-11-9-18(10-12-33)19-5-8-25-24(14-19)31-27(34)36-25/h3-8,13-15,18H,2,9-12,16H2,1H3,(H,31,34)/b32-26+. The van der Waals surface area contributed by atoms with Crippen LogP contribution in [0.2, 0.25) is 0 Å². The second-order valence-corrected chi connectivity index (χ2v) is 8.86. The molecule has 1 saturated heterocycles. The van der Waals surface area contributed by atoms with Gasteiger partial charge in [-0.3, -0.25) is 14.9 Å². The number of likely N-dealkylation sites (tertiary alicyclic amines) is 1. The van der Waals surface area contributed by atoms with Crippen LogP contribution in [0.1, 0.15) is 48.1 Å². The van der Waals surface area contributed by atoms with Crippen molar-refractivity contribution in [1.29, 1.82) is 0 Å². The zero-order valence-electron chi connectivity index (χ0n) is 19.8. The number of aromatic nitrogens is 2. The van der Waals surface area contributed by atoms with Gasteiger partial charge in [0.2, 0.25) is 0 Å². The number of hydrogen-bond acceptors (Lipinski definition) is 6. The maximum atomic E-state index is 13.8. The van der Waals surface area contributed by atoms with Crippen molar-refractivity contribution < 1.29 is 18.0 Å². The van der Waals surface area contributed by atoms with Crippen molar-refractivity contribution >= 4 is 16.8 Å². The van der Waals surface area contributed by atoms with Crippen LogP contribution in [-0.4, -0.2) is 40.3 Å². The zero-order valence-corrected chi connectivity index (χ0v) is 19.8. The lowest BCUT2D eigenvalue weighted by Gasteiger charge is -2.32. The van der Waals surface area contributed by atoms with Gasteiger partial charge in [0, 0.05) is 18.3 Å². The number of oxime groups is 1. The van der Waals surface area contributed by atoms with Gasteiger partial charge in [-0.2, -0.15) is 0 Å². The summed E-state index contributed by atoms with van der Waals surface area (Å²) < 4.78 is 32.3. The number of benzene rings is 2. The molecule has 0 unspecified atom stereocenters. The molecule has 9 heteroatoms. The Balaban J connectivity index is 1.23. The Bertz CT molecular complexity index is 1440. The average molecular weight is 493 g/mol. The fourth-order valence-electron chi connectivity index (χ4n) is 4.58. The summed E-state index contributed by atoms with van der Waals surface area (Å²) in [4.78, 5) is 26.3. The quantitative estimate of drug-likeness (QED) is 0.291. The number of halogens is 2. The Morgan fingerprint density at radius 2 is 1.97 bits per heavy atom. The highest BCUT2D eigenvalue weighted by atomic mass is 19.2. The van der Waals surface area contributed by atoms with E-state index in [9.17, 15) is 13.6 Å². The Morgan fingerprint density at radius 1 is 1.14 bits per heavy atom. The maximum Gasteiger partial charge on any atom is 0.417 e. The molecule has 3 heterocycles. The number of nitrogens with zero attached hydrogens (tertiary/aromatic N) is 3. The first-order chi connectivity index (χ1) is 17.5. The van der Waals surface area contributed by atoms with Crippen LogP contribution in [0.3, 0.4) is 0 Å². The molecule has 0 bridgehead atoms. The van der Waals surface area contributed by atoms with Gasteiger partial charge in [0.1, 0.15) is 12.3 Å². The summed E-state index contributed by atoms with van der Waals surface area (Å²) in [5.41, 5.74) is 4.84. The van der Waals surface area contributed by atoms with Crippen molar-refractivity contribution in [2.75, 3.05) is 19.7 Å². The topological polar surface area (TPSA) is 83.7 Å². The van der Waals surface area contributed by atoms with Crippen LogP contribution in [0.15, 0.2) is 69.1 Å². The SMILES string of the molecule is CCO/N=C(\c1ccc(F)c(F)c1)c1ccc(CN2CCC(c3ccc4oc(=O)[nH]c4c3)CC2)cn1. The molecule has 1 aliphatic rings. The summed E-state index contributed by atoms with van der Waals surface area (Å²) >= 11 is 0. The normalized spacial score (nSPS) is 15.5. The monoisotopic (exact) mass is 492 g/mol. The van der Waals surface area contributed by atoms with Crippen molar-refractivity contribution in [3.63, 3.8) is 0 Å². The molecule has 186 valence electrons. The molecular weight excluding hydrogens is 466 g/mol. The molecule has 0 aliphatic carbocycles. The summed E-state index contributed by atoms with van der Waals surface area (Å²) in [6.45, 7) is 4.78. The van der Waals surface area contributed by atoms with Crippen molar-refractivity contribution in [3.8, 4) is 0 Å². The molecule has 1 aliphatic heterocycles. The summed E-state index contributed by atoms with van der Waals surface area (Å²) in [5, 5.41) is 4.09. The Morgan fingerprint density at radius 3 is 2.69 bits per heavy atom. The van der Waals surface area contributed by atoms with Gasteiger partial charge in [0.05, 0.1) is 11.2 Å². The van der Waals surface area contributed by atoms with Gasteiger partial charge < -0.3 is 9.25 Å². The zero-order chi connectivity index (χ0) is 25.1. The number of oxazole rings is 1. The van der Waals surface area contributed by atoms with Gasteiger partial charge in [-0.15, -0.1) is 0 Å². The molecule has 0 saturated carbocycles. The van der Waals surface area contributed by atoms with Crippen molar-refractivity contribution in [3.05, 3.63) is 99.3 Å². The number of aromatic amines is 1. The highest BCUT2D eigenvalue weighted by Crippen LogP contribution is 2.30. The minimum atomic E-state index is -0.949. The second kappa shape index (κ2) is 10.4. The molecule has 0 spiro atoms. The first kappa shape index (κ1) is 23.9. The van der Waals surface area contributed by atoms with Crippen LogP contribution in [0.25, 0.3) is 11.1 Å². The lowest BCUT2D eigenvalue weighted by atomic mass is 9.89. The molecule has 0 amide bonds. The van der Waals surface area contributed by atoms with Gasteiger partial charge >= 0.3 is 5.76 Å². The minimum Gasteiger partial charge on any atom is -0.408 e. The number of hydrogen-bond donors (Lipinski definition) is 1. The maximum absolute atomic E-state index is 13.8. The third-order valence-corrected chi connectivity index (χ3v) is 6.45. The van der Waals surface area contributed by atoms with Gasteiger partial charge in [0.15, 0.2) is 17.2 Å². The molecule has 0 radical (unpaired) electrons. The molecule has 1 N–H and O–H groups in total. The van der Waals surface area contributed by atoms with E-state index in [1.807, 2.05) is 30.3 Å². The van der Waals surface area contributed by atoms with Gasteiger partial charge in [-0.05, 0) is 86.3 Å². The summed E-state index contributed by atoms with van der Waals surface area (Å²) in [6, 6.07) is 13.3. The molecule has 2 aromatic heterocycles. The van der Waals surface area contributed by atoms with Crippen LogP contribution < -0.4 is 5.76 Å². The highest BCUT2D eigenvalue weighted by molar-refractivity contribution is 6.11. The predicted octanol–water partition coefficient (Wildman–Crippen LogP) is 4.96. The number of pyridine rings is 1. The predicted molar refractivity (Wildman–Crippen MR) is 132 cm³/mol. The third-order valence-electron chi connectivity index (χ3n) is 6.45. The number of fused-ring (bicyclic) bond motifs is 1. The molecule has 2 aromatic carbocycles. The average Bonchev–Trinajstić information content (AvgIpc) is 3.27. The first-order valence-corrected chi connectivity index (χ1v) is 12.0. The second-order valence-electron chi connectivity index (χ2n) is 8.86. The van der Waals surface area contributed by atoms with Crippen LogP contribution in [0.4, 0.5) is 8.78 Å². The minimum absolute atomic E-state index is 0.342. The van der Waals surface area contributed by atoms with Crippen LogP contribution >= 0.6 is 0 Å². The Labute approximate surface area is 206 Å². The fourth-order valence-corrected chi connectivity index (χ4v) is 4.58. The van der Waals surface area contributed by atoms with Gasteiger partial charge in [-0.25, -0.2) is 13.6 Å². The smallest absolute Gasteiger partial charge is 0.408 e. The van der Waals surface area contributed by atoms with Gasteiger partial charge in [-0.1, -0.05) is 17.3 Å². The van der Waals surface area contributed by atoms with Crippen LogP contribution in [0, 0.1) is 11.6 Å². The van der Waals surface area contributed by atoms with E-state index < -0.39 is 17.4 Å². The molecule has 0 atom stereocenters. The van der Waals surface area contributed by atoms with Crippen molar-refractivity contribution in [1.82, 2.24) is 14.9 Å². The number of piperidine rings is 1. The van der Waals surface area contributed by atoms with Crippen molar-refractivity contribution in [2.24, 2.45) is 5.16 Å². The van der Waals surface area contributed by atoms with E-state index >= 15 is 0 Å². The van der Waals surface area contributed by atoms with Crippen molar-refractivity contribution in [2.45, 2.75) is 32.2 Å². The number of nitrogens with one attached hydrogen (secondary N) is 1. The fraction of sp³-hybridized carbons (Fsp3) is 0.296. The Hall–Kier alpha value is -3.85. The van der Waals surface area contributed by atoms with Gasteiger partial charge in [0.25, 0.3) is 0 Å². The lowest BCUT2D eigenvalue weighted by Crippen LogP contribution is -2.32. The van der Waals surface area contributed by atoms with E-state index in [2.05, 4.69) is 20.0 Å². The summed E-state index contributed by atoms with van der Waals surface area (Å²) in [6.07, 6.45) is 3.81. The number of rotatable bonds is 7. The van der Waals surface area contributed by atoms with Crippen LogP contribution in [-0.2, 0) is 11.4 Å². The van der Waals surface area contributed by atoms with E-state index in [0.29, 0.717) is 35.1 Å². The molecule has 7 nitrogen and oxygen atoms in total. The molecule has 1 fully saturated rings. The Kier molecular flexibility index (Phi) is 6.90. The van der Waals surface area contributed by atoms with E-state index in [0.717, 1.165) is 55.7 Å². The molecular formula is C27H26F2N4O3. The van der Waals surface area contributed by atoms with E-state index in [-0.39, 0.29) is 0 Å². The first-order valence-electron chi connectivity index (χ1n) is 12.0. The lowest BCUT2D eigenvalue weighted by molar-refractivity contribution is 0.159. The molecule has 5 rings (SSSR count). The summed E-state index contributed by atoms with van der Waals surface area (Å²) in [7, 11) is 0. The summed E-state index contributed by atoms with van der Waals surface area (Å²) in [5.74, 6) is -1.87. The number of H-pyrrole nitrogens is 1. The highest BCUT2D eigenvalue weighted by Gasteiger charge is 2.22. The molecule has 36 heavy (non-hydrogen) atoms. The van der Waals surface area contributed by atoms with E-state index in [4.69, 9.17) is 9.25 Å². The third kappa shape index (κ3) is 5.21. The largest absolute Gasteiger partial charge is 0.417 e. The van der Waals surface area contributed by atoms with Crippen LogP contribution in [0.5, 0.6) is 0 Å². The van der Waals surface area contributed by atoms with E-state index in [1.54, 1.807) is 13.1 Å². The van der Waals surface area contributed by atoms with E-state index in [1.165, 1.54) is 11.6 Å².